The molecule has 0 fully saturated rings. The van der Waals surface area contributed by atoms with E-state index in [0.29, 0.717) is 10.8 Å². The second-order valence-electron chi connectivity index (χ2n) is 5.33. The van der Waals surface area contributed by atoms with Crippen LogP contribution in [0.15, 0.2) is 65.6 Å². The molecule has 1 heterocycles. The van der Waals surface area contributed by atoms with E-state index >= 15 is 0 Å². The maximum absolute atomic E-state index is 12.5. The molecule has 120 valence electrons. The molecule has 4 rings (SSSR count). The van der Waals surface area contributed by atoms with Crippen LogP contribution in [0.1, 0.15) is 0 Å². The molecule has 0 amide bonds. The van der Waals surface area contributed by atoms with Crippen molar-refractivity contribution in [2.24, 2.45) is 0 Å². The van der Waals surface area contributed by atoms with E-state index in [-0.39, 0.29) is 4.90 Å². The molecule has 0 bridgehead atoms. The monoisotopic (exact) mass is 355 g/mol. The molecule has 7 heteroatoms. The molecule has 0 saturated carbocycles. The smallest absolute Gasteiger partial charge is 0.263 e. The van der Waals surface area contributed by atoms with E-state index in [1.807, 2.05) is 36.4 Å². The number of hydrogen-bond acceptors (Lipinski definition) is 5. The number of nitrogens with two attached hydrogens (primary N) is 1. The highest BCUT2D eigenvalue weighted by Crippen LogP contribution is 2.32. The quantitative estimate of drug-likeness (QED) is 0.547. The zero-order chi connectivity index (χ0) is 16.7. The van der Waals surface area contributed by atoms with Gasteiger partial charge in [-0.2, -0.15) is 0 Å². The van der Waals surface area contributed by atoms with Crippen molar-refractivity contribution in [2.75, 3.05) is 10.5 Å². The lowest BCUT2D eigenvalue weighted by atomic mass is 10.1. The summed E-state index contributed by atoms with van der Waals surface area (Å²) in [6.07, 6.45) is 0. The van der Waals surface area contributed by atoms with E-state index in [1.54, 1.807) is 12.1 Å². The second-order valence-corrected chi connectivity index (χ2v) is 8.04. The van der Waals surface area contributed by atoms with Crippen molar-refractivity contribution >= 4 is 53.2 Å². The van der Waals surface area contributed by atoms with Crippen LogP contribution in [0.5, 0.6) is 0 Å². The summed E-state index contributed by atoms with van der Waals surface area (Å²) in [5.41, 5.74) is 6.91. The van der Waals surface area contributed by atoms with E-state index in [9.17, 15) is 8.42 Å². The number of thiazole rings is 1. The Morgan fingerprint density at radius 1 is 0.958 bits per heavy atom. The first kappa shape index (κ1) is 14.9. The van der Waals surface area contributed by atoms with Crippen molar-refractivity contribution in [3.63, 3.8) is 0 Å². The van der Waals surface area contributed by atoms with Gasteiger partial charge in [-0.15, -0.1) is 0 Å². The largest absolute Gasteiger partial charge is 0.399 e. The number of rotatable bonds is 3. The molecule has 0 spiro atoms. The molecular weight excluding hydrogens is 342 g/mol. The van der Waals surface area contributed by atoms with E-state index in [4.69, 9.17) is 5.73 Å². The van der Waals surface area contributed by atoms with E-state index in [2.05, 4.69) is 9.71 Å². The highest BCUT2D eigenvalue weighted by Gasteiger charge is 2.17. The summed E-state index contributed by atoms with van der Waals surface area (Å²) in [6, 6.07) is 17.9. The van der Waals surface area contributed by atoms with Crippen molar-refractivity contribution in [1.29, 1.82) is 0 Å². The minimum atomic E-state index is -3.69. The molecular formula is C17H13N3O2S2. The fraction of sp³-hybridized carbons (Fsp3) is 0. The fourth-order valence-corrected chi connectivity index (χ4v) is 4.64. The van der Waals surface area contributed by atoms with Crippen LogP contribution in [-0.4, -0.2) is 13.4 Å². The van der Waals surface area contributed by atoms with Crippen LogP contribution in [0.25, 0.3) is 21.0 Å². The lowest BCUT2D eigenvalue weighted by Crippen LogP contribution is -2.12. The molecule has 0 unspecified atom stereocenters. The molecule has 4 aromatic rings. The first-order valence-corrected chi connectivity index (χ1v) is 9.49. The molecule has 3 aromatic carbocycles. The van der Waals surface area contributed by atoms with Crippen molar-refractivity contribution in [2.45, 2.75) is 4.90 Å². The maximum atomic E-state index is 12.5. The van der Waals surface area contributed by atoms with Crippen LogP contribution < -0.4 is 10.5 Å². The minimum absolute atomic E-state index is 0.154. The molecule has 24 heavy (non-hydrogen) atoms. The predicted octanol–water partition coefficient (Wildman–Crippen LogP) is 3.83. The van der Waals surface area contributed by atoms with Crippen LogP contribution >= 0.6 is 11.3 Å². The second kappa shape index (κ2) is 5.47. The van der Waals surface area contributed by atoms with Gasteiger partial charge in [0.05, 0.1) is 15.1 Å². The Morgan fingerprint density at radius 2 is 1.71 bits per heavy atom. The molecule has 0 aliphatic rings. The topological polar surface area (TPSA) is 85.1 Å². The molecule has 0 atom stereocenters. The van der Waals surface area contributed by atoms with Gasteiger partial charge >= 0.3 is 0 Å². The van der Waals surface area contributed by atoms with E-state index in [1.165, 1.54) is 23.5 Å². The Labute approximate surface area is 142 Å². The third-order valence-corrected chi connectivity index (χ3v) is 6.12. The number of hydrogen-bond donors (Lipinski definition) is 2. The van der Waals surface area contributed by atoms with Gasteiger partial charge in [0, 0.05) is 11.1 Å². The molecule has 0 radical (unpaired) electrons. The van der Waals surface area contributed by atoms with Crippen molar-refractivity contribution in [3.05, 3.63) is 60.7 Å². The molecule has 5 nitrogen and oxygen atoms in total. The Hall–Kier alpha value is -2.64. The number of nitrogen functional groups attached to an aromatic ring is 1. The van der Waals surface area contributed by atoms with Crippen molar-refractivity contribution in [1.82, 2.24) is 4.98 Å². The van der Waals surface area contributed by atoms with Gasteiger partial charge in [0.25, 0.3) is 10.0 Å². The third kappa shape index (κ3) is 2.57. The maximum Gasteiger partial charge on any atom is 0.263 e. The van der Waals surface area contributed by atoms with Crippen LogP contribution in [0, 0.1) is 0 Å². The summed E-state index contributed by atoms with van der Waals surface area (Å²) in [6.45, 7) is 0. The molecule has 3 N–H and O–H groups in total. The lowest BCUT2D eigenvalue weighted by molar-refractivity contribution is 0.601. The number of fused-ring (bicyclic) bond motifs is 3. The Kier molecular flexibility index (Phi) is 3.40. The number of aromatic nitrogens is 1. The summed E-state index contributed by atoms with van der Waals surface area (Å²) < 4.78 is 28.4. The number of anilines is 2. The van der Waals surface area contributed by atoms with Gasteiger partial charge in [0.15, 0.2) is 5.13 Å². The van der Waals surface area contributed by atoms with Crippen molar-refractivity contribution in [3.8, 4) is 0 Å². The van der Waals surface area contributed by atoms with E-state index in [0.717, 1.165) is 21.0 Å². The molecule has 0 aliphatic carbocycles. The molecule has 0 saturated heterocycles. The zero-order valence-electron chi connectivity index (χ0n) is 12.4. The minimum Gasteiger partial charge on any atom is -0.399 e. The van der Waals surface area contributed by atoms with Gasteiger partial charge in [0.2, 0.25) is 0 Å². The number of sulfonamides is 1. The number of nitrogens with zero attached hydrogens (tertiary/aromatic N) is 1. The van der Waals surface area contributed by atoms with Gasteiger partial charge in [-0.05, 0) is 35.7 Å². The first-order valence-electron chi connectivity index (χ1n) is 7.20. The Morgan fingerprint density at radius 3 is 2.50 bits per heavy atom. The van der Waals surface area contributed by atoms with Crippen LogP contribution in [-0.2, 0) is 10.0 Å². The summed E-state index contributed by atoms with van der Waals surface area (Å²) in [7, 11) is -3.69. The standard InChI is InChI=1S/C17H13N3O2S2/c18-12-6-8-13(9-7-12)24(21,22)20-17-19-16-14-4-2-1-3-11(14)5-10-15(16)23-17/h1-10H,18H2,(H,19,20). The predicted molar refractivity (Wildman–Crippen MR) is 98.8 cm³/mol. The van der Waals surface area contributed by atoms with Gasteiger partial charge in [-0.1, -0.05) is 41.7 Å². The summed E-state index contributed by atoms with van der Waals surface area (Å²) in [5.74, 6) is 0. The Bertz CT molecular complexity index is 1150. The van der Waals surface area contributed by atoms with Gasteiger partial charge < -0.3 is 5.73 Å². The first-order chi connectivity index (χ1) is 11.5. The van der Waals surface area contributed by atoms with Crippen LogP contribution in [0.2, 0.25) is 0 Å². The summed E-state index contributed by atoms with van der Waals surface area (Å²) >= 11 is 1.31. The van der Waals surface area contributed by atoms with Crippen LogP contribution in [0.3, 0.4) is 0 Å². The van der Waals surface area contributed by atoms with Crippen LogP contribution in [0.4, 0.5) is 10.8 Å². The van der Waals surface area contributed by atoms with Gasteiger partial charge in [-0.25, -0.2) is 13.4 Å². The molecule has 1 aromatic heterocycles. The Balaban J connectivity index is 1.77. The van der Waals surface area contributed by atoms with Gasteiger partial charge in [-0.3, -0.25) is 4.72 Å². The van der Waals surface area contributed by atoms with Crippen molar-refractivity contribution < 1.29 is 8.42 Å². The van der Waals surface area contributed by atoms with E-state index < -0.39 is 10.0 Å². The zero-order valence-corrected chi connectivity index (χ0v) is 14.1. The number of benzene rings is 3. The highest BCUT2D eigenvalue weighted by atomic mass is 32.2. The average molecular weight is 355 g/mol. The normalized spacial score (nSPS) is 11.8. The SMILES string of the molecule is Nc1ccc(S(=O)(=O)Nc2nc3c(ccc4ccccc43)s2)cc1. The average Bonchev–Trinajstić information content (AvgIpc) is 2.97. The molecule has 0 aliphatic heterocycles. The third-order valence-electron chi connectivity index (χ3n) is 3.70. The summed E-state index contributed by atoms with van der Waals surface area (Å²) in [5, 5.41) is 2.42. The number of nitrogens with one attached hydrogen (secondary N) is 1. The fourth-order valence-electron chi connectivity index (χ4n) is 2.53. The van der Waals surface area contributed by atoms with Gasteiger partial charge in [0.1, 0.15) is 0 Å². The summed E-state index contributed by atoms with van der Waals surface area (Å²) in [4.78, 5) is 4.63. The highest BCUT2D eigenvalue weighted by molar-refractivity contribution is 7.93. The lowest BCUT2D eigenvalue weighted by Gasteiger charge is -2.04.